The lowest BCUT2D eigenvalue weighted by atomic mass is 10.0. The second kappa shape index (κ2) is 4.94. The minimum absolute atomic E-state index is 0.136. The first-order valence-electron chi connectivity index (χ1n) is 6.79. The van der Waals surface area contributed by atoms with E-state index in [0.717, 1.165) is 19.3 Å². The monoisotopic (exact) mass is 280 g/mol. The predicted molar refractivity (Wildman–Crippen MR) is 72.5 cm³/mol. The zero-order valence-electron chi connectivity index (χ0n) is 11.0. The molecule has 3 rings (SSSR count). The Balaban J connectivity index is 2.05. The molecule has 2 unspecified atom stereocenters. The van der Waals surface area contributed by atoms with Gasteiger partial charge in [0.2, 0.25) is 0 Å². The average molecular weight is 280 g/mol. The third-order valence-electron chi connectivity index (χ3n) is 4.18. The number of anilines is 2. The van der Waals surface area contributed by atoms with Crippen LogP contribution in [0.1, 0.15) is 29.6 Å². The number of nitrogens with zero attached hydrogens (tertiary/aromatic N) is 1. The van der Waals surface area contributed by atoms with Crippen molar-refractivity contribution in [2.24, 2.45) is 0 Å². The summed E-state index contributed by atoms with van der Waals surface area (Å²) in [6, 6.07) is 2.90. The average Bonchev–Trinajstić information content (AvgIpc) is 2.89. The van der Waals surface area contributed by atoms with E-state index in [9.17, 15) is 14.3 Å². The van der Waals surface area contributed by atoms with Crippen LogP contribution in [0.3, 0.4) is 0 Å². The van der Waals surface area contributed by atoms with Gasteiger partial charge >= 0.3 is 5.97 Å². The molecule has 0 amide bonds. The molecule has 2 atom stereocenters. The van der Waals surface area contributed by atoms with Crippen LogP contribution in [-0.2, 0) is 4.74 Å². The van der Waals surface area contributed by atoms with E-state index >= 15 is 0 Å². The van der Waals surface area contributed by atoms with Gasteiger partial charge in [-0.2, -0.15) is 0 Å². The number of hydrogen-bond acceptors (Lipinski definition) is 4. The summed E-state index contributed by atoms with van der Waals surface area (Å²) in [6.45, 7) is 1.16. The summed E-state index contributed by atoms with van der Waals surface area (Å²) < 4.78 is 19.2. The van der Waals surface area contributed by atoms with E-state index in [2.05, 4.69) is 0 Å². The summed E-state index contributed by atoms with van der Waals surface area (Å²) in [5.41, 5.74) is 5.67. The van der Waals surface area contributed by atoms with Crippen molar-refractivity contribution in [2.75, 3.05) is 23.8 Å². The molecule has 1 aromatic carbocycles. The summed E-state index contributed by atoms with van der Waals surface area (Å²) in [4.78, 5) is 13.4. The molecule has 5 nitrogen and oxygen atoms in total. The minimum atomic E-state index is -1.20. The first-order valence-corrected chi connectivity index (χ1v) is 6.79. The van der Waals surface area contributed by atoms with Crippen molar-refractivity contribution in [3.63, 3.8) is 0 Å². The number of nitrogen functional groups attached to an aromatic ring is 1. The van der Waals surface area contributed by atoms with Crippen LogP contribution in [0.25, 0.3) is 0 Å². The molecule has 1 saturated carbocycles. The van der Waals surface area contributed by atoms with Gasteiger partial charge in [-0.1, -0.05) is 0 Å². The normalized spacial score (nSPS) is 25.6. The predicted octanol–water partition coefficient (Wildman–Crippen LogP) is 1.86. The largest absolute Gasteiger partial charge is 0.478 e. The Bertz CT molecular complexity index is 549. The van der Waals surface area contributed by atoms with Crippen LogP contribution in [-0.4, -0.2) is 36.4 Å². The zero-order chi connectivity index (χ0) is 14.3. The molecule has 1 aliphatic heterocycles. The highest BCUT2D eigenvalue weighted by molar-refractivity contribution is 6.00. The third kappa shape index (κ3) is 2.00. The van der Waals surface area contributed by atoms with Gasteiger partial charge in [-0.05, 0) is 31.4 Å². The van der Waals surface area contributed by atoms with Crippen molar-refractivity contribution in [1.82, 2.24) is 0 Å². The van der Waals surface area contributed by atoms with Crippen molar-refractivity contribution >= 4 is 17.3 Å². The molecule has 1 aliphatic carbocycles. The molecule has 0 spiro atoms. The molecule has 2 aliphatic rings. The molecule has 1 saturated heterocycles. The van der Waals surface area contributed by atoms with Gasteiger partial charge in [0.05, 0.1) is 30.1 Å². The number of fused-ring (bicyclic) bond motifs is 1. The molecule has 1 aromatic rings. The second-order valence-electron chi connectivity index (χ2n) is 5.26. The van der Waals surface area contributed by atoms with E-state index in [1.807, 2.05) is 4.90 Å². The number of hydrogen-bond donors (Lipinski definition) is 2. The summed E-state index contributed by atoms with van der Waals surface area (Å²) in [7, 11) is 0. The molecule has 1 heterocycles. The number of morpholine rings is 1. The van der Waals surface area contributed by atoms with E-state index in [1.165, 1.54) is 12.1 Å². The van der Waals surface area contributed by atoms with Gasteiger partial charge < -0.3 is 20.5 Å². The Morgan fingerprint density at radius 3 is 3.00 bits per heavy atom. The van der Waals surface area contributed by atoms with Crippen LogP contribution in [0, 0.1) is 5.82 Å². The first-order chi connectivity index (χ1) is 9.59. The van der Waals surface area contributed by atoms with Gasteiger partial charge in [-0.3, -0.25) is 0 Å². The topological polar surface area (TPSA) is 75.8 Å². The molecular formula is C14H17FN2O3. The maximum Gasteiger partial charge on any atom is 0.340 e. The molecule has 2 fully saturated rings. The molecular weight excluding hydrogens is 263 g/mol. The smallest absolute Gasteiger partial charge is 0.340 e. The summed E-state index contributed by atoms with van der Waals surface area (Å²) in [5, 5.41) is 9.34. The van der Waals surface area contributed by atoms with Gasteiger partial charge in [-0.25, -0.2) is 9.18 Å². The number of carboxylic acids is 1. The summed E-state index contributed by atoms with van der Waals surface area (Å²) in [6.07, 6.45) is 3.14. The first kappa shape index (κ1) is 13.2. The van der Waals surface area contributed by atoms with Crippen LogP contribution in [0.4, 0.5) is 15.8 Å². The quantitative estimate of drug-likeness (QED) is 0.809. The number of carboxylic acid groups (broad SMARTS) is 1. The number of halogens is 1. The Morgan fingerprint density at radius 2 is 2.25 bits per heavy atom. The van der Waals surface area contributed by atoms with E-state index in [4.69, 9.17) is 10.5 Å². The fourth-order valence-corrected chi connectivity index (χ4v) is 3.27. The van der Waals surface area contributed by atoms with Gasteiger partial charge in [0, 0.05) is 6.54 Å². The van der Waals surface area contributed by atoms with Crippen LogP contribution >= 0.6 is 0 Å². The standard InChI is InChI=1S/C14H17FN2O3/c15-8-4-5-10(12(13(8)16)14(18)19)17-6-7-20-11-3-1-2-9(11)17/h4-5,9,11H,1-3,6-7,16H2,(H,18,19). The Labute approximate surface area is 116 Å². The fraction of sp³-hybridized carbons (Fsp3) is 0.500. The van der Waals surface area contributed by atoms with Gasteiger partial charge in [0.25, 0.3) is 0 Å². The highest BCUT2D eigenvalue weighted by Gasteiger charge is 2.38. The maximum absolute atomic E-state index is 13.5. The minimum Gasteiger partial charge on any atom is -0.478 e. The number of nitrogens with two attached hydrogens (primary N) is 1. The molecule has 6 heteroatoms. The zero-order valence-corrected chi connectivity index (χ0v) is 11.0. The van der Waals surface area contributed by atoms with E-state index in [1.54, 1.807) is 0 Å². The van der Waals surface area contributed by atoms with Crippen molar-refractivity contribution in [1.29, 1.82) is 0 Å². The molecule has 0 aromatic heterocycles. The summed E-state index contributed by atoms with van der Waals surface area (Å²) in [5.74, 6) is -1.89. The second-order valence-corrected chi connectivity index (χ2v) is 5.26. The molecule has 108 valence electrons. The number of benzene rings is 1. The van der Waals surface area contributed by atoms with Crippen molar-refractivity contribution < 1.29 is 19.0 Å². The number of aromatic carboxylic acids is 1. The molecule has 0 radical (unpaired) electrons. The SMILES string of the molecule is Nc1c(F)ccc(N2CCOC3CCCC32)c1C(=O)O. The number of rotatable bonds is 2. The lowest BCUT2D eigenvalue weighted by Crippen LogP contribution is -2.49. The Morgan fingerprint density at radius 1 is 1.45 bits per heavy atom. The van der Waals surface area contributed by atoms with Crippen molar-refractivity contribution in [2.45, 2.75) is 31.4 Å². The molecule has 3 N–H and O–H groups in total. The maximum atomic E-state index is 13.5. The Kier molecular flexibility index (Phi) is 3.25. The van der Waals surface area contributed by atoms with Gasteiger partial charge in [0.15, 0.2) is 0 Å². The highest BCUT2D eigenvalue weighted by Crippen LogP contribution is 2.36. The Hall–Kier alpha value is -1.82. The van der Waals surface area contributed by atoms with Gasteiger partial charge in [0.1, 0.15) is 11.4 Å². The lowest BCUT2D eigenvalue weighted by molar-refractivity contribution is 0.0254. The third-order valence-corrected chi connectivity index (χ3v) is 4.18. The van der Waals surface area contributed by atoms with E-state index < -0.39 is 11.8 Å². The van der Waals surface area contributed by atoms with Crippen LogP contribution in [0.5, 0.6) is 0 Å². The van der Waals surface area contributed by atoms with Crippen LogP contribution in [0.15, 0.2) is 12.1 Å². The van der Waals surface area contributed by atoms with Crippen molar-refractivity contribution in [3.05, 3.63) is 23.5 Å². The fourth-order valence-electron chi connectivity index (χ4n) is 3.27. The van der Waals surface area contributed by atoms with Gasteiger partial charge in [-0.15, -0.1) is 0 Å². The summed E-state index contributed by atoms with van der Waals surface area (Å²) >= 11 is 0. The van der Waals surface area contributed by atoms with Crippen LogP contribution in [0.2, 0.25) is 0 Å². The van der Waals surface area contributed by atoms with Crippen molar-refractivity contribution in [3.8, 4) is 0 Å². The molecule has 0 bridgehead atoms. The lowest BCUT2D eigenvalue weighted by Gasteiger charge is -2.40. The van der Waals surface area contributed by atoms with Crippen LogP contribution < -0.4 is 10.6 Å². The highest BCUT2D eigenvalue weighted by atomic mass is 19.1. The number of ether oxygens (including phenoxy) is 1. The molecule has 20 heavy (non-hydrogen) atoms. The van der Waals surface area contributed by atoms with E-state index in [0.29, 0.717) is 18.8 Å². The van der Waals surface area contributed by atoms with E-state index in [-0.39, 0.29) is 23.4 Å². The number of carbonyl (C=O) groups is 1.